The Labute approximate surface area is 132 Å². The van der Waals surface area contributed by atoms with Crippen LogP contribution < -0.4 is 10.6 Å². The quantitative estimate of drug-likeness (QED) is 0.350. The van der Waals surface area contributed by atoms with Crippen LogP contribution in [0.25, 0.3) is 0 Å². The van der Waals surface area contributed by atoms with Crippen molar-refractivity contribution >= 4 is 18.2 Å². The Morgan fingerprint density at radius 1 is 1.23 bits per heavy atom. The van der Waals surface area contributed by atoms with E-state index in [9.17, 15) is 19.6 Å². The molecule has 0 heterocycles. The minimum Gasteiger partial charge on any atom is -0.357 e. The molecule has 7 heteroatoms. The average Bonchev–Trinajstić information content (AvgIpc) is 2.40. The smallest absolute Gasteiger partial charge is 0.242 e. The van der Waals surface area contributed by atoms with Crippen molar-refractivity contribution in [3.05, 3.63) is 0 Å². The molecule has 0 radical (unpaired) electrons. The topological polar surface area (TPSA) is 98.7 Å². The van der Waals surface area contributed by atoms with Crippen molar-refractivity contribution in [3.63, 3.8) is 0 Å². The van der Waals surface area contributed by atoms with Crippen LogP contribution in [-0.2, 0) is 14.4 Å². The Hall–Kier alpha value is -1.63. The van der Waals surface area contributed by atoms with Crippen molar-refractivity contribution in [3.8, 4) is 0 Å². The SMILES string of the molecule is CNC(=O)[C@@H](NC(=O)[C@H](CC(C)C)CN(O)C=O)C(C)(C)C. The number of carbonyl (C=O) groups is 3. The summed E-state index contributed by atoms with van der Waals surface area (Å²) in [4.78, 5) is 35.0. The molecule has 0 rings (SSSR count). The Kier molecular flexibility index (Phi) is 8.08. The second kappa shape index (κ2) is 8.73. The molecule has 3 amide bonds. The van der Waals surface area contributed by atoms with Gasteiger partial charge in [-0.05, 0) is 17.8 Å². The Morgan fingerprint density at radius 2 is 1.77 bits per heavy atom. The van der Waals surface area contributed by atoms with Gasteiger partial charge in [0.15, 0.2) is 0 Å². The lowest BCUT2D eigenvalue weighted by Crippen LogP contribution is -2.55. The molecule has 0 bridgehead atoms. The van der Waals surface area contributed by atoms with E-state index in [0.29, 0.717) is 11.5 Å². The highest BCUT2D eigenvalue weighted by molar-refractivity contribution is 5.89. The molecule has 0 aromatic heterocycles. The first-order valence-corrected chi connectivity index (χ1v) is 7.45. The summed E-state index contributed by atoms with van der Waals surface area (Å²) in [5.74, 6) is -0.993. The first kappa shape index (κ1) is 20.4. The first-order valence-electron chi connectivity index (χ1n) is 7.45. The maximum atomic E-state index is 12.5. The number of nitrogens with one attached hydrogen (secondary N) is 2. The molecule has 0 aromatic rings. The van der Waals surface area contributed by atoms with Crippen molar-refractivity contribution in [2.75, 3.05) is 13.6 Å². The molecule has 0 aliphatic heterocycles. The third-order valence-electron chi connectivity index (χ3n) is 3.32. The van der Waals surface area contributed by atoms with Crippen LogP contribution in [0.1, 0.15) is 41.0 Å². The van der Waals surface area contributed by atoms with Gasteiger partial charge < -0.3 is 10.6 Å². The van der Waals surface area contributed by atoms with Crippen LogP contribution in [0.2, 0.25) is 0 Å². The van der Waals surface area contributed by atoms with Crippen LogP contribution in [-0.4, -0.2) is 48.1 Å². The van der Waals surface area contributed by atoms with Gasteiger partial charge in [-0.15, -0.1) is 0 Å². The van der Waals surface area contributed by atoms with Crippen LogP contribution in [0.3, 0.4) is 0 Å². The van der Waals surface area contributed by atoms with E-state index < -0.39 is 17.4 Å². The molecule has 0 unspecified atom stereocenters. The minimum absolute atomic E-state index is 0.0991. The van der Waals surface area contributed by atoms with Crippen molar-refractivity contribution in [1.82, 2.24) is 15.7 Å². The standard InChI is InChI=1S/C15H29N3O4/c1-10(2)7-11(8-18(22)9-19)13(20)17-12(14(21)16-6)15(3,4)5/h9-12,22H,7-8H2,1-6H3,(H,16,21)(H,17,20)/t11-,12-/m1/s1. The van der Waals surface area contributed by atoms with E-state index in [1.54, 1.807) is 0 Å². The predicted molar refractivity (Wildman–Crippen MR) is 83.0 cm³/mol. The van der Waals surface area contributed by atoms with Gasteiger partial charge in [0.1, 0.15) is 6.04 Å². The largest absolute Gasteiger partial charge is 0.357 e. The molecule has 3 N–H and O–H groups in total. The number of nitrogens with zero attached hydrogens (tertiary/aromatic N) is 1. The summed E-state index contributed by atoms with van der Waals surface area (Å²) in [5.41, 5.74) is -0.457. The van der Waals surface area contributed by atoms with E-state index in [2.05, 4.69) is 10.6 Å². The fourth-order valence-corrected chi connectivity index (χ4v) is 2.18. The number of hydrogen-bond donors (Lipinski definition) is 3. The lowest BCUT2D eigenvalue weighted by atomic mass is 9.85. The lowest BCUT2D eigenvalue weighted by molar-refractivity contribution is -0.155. The molecule has 0 saturated carbocycles. The normalized spacial score (nSPS) is 14.2. The van der Waals surface area contributed by atoms with Crippen LogP contribution in [0.15, 0.2) is 0 Å². The van der Waals surface area contributed by atoms with Crippen LogP contribution in [0.5, 0.6) is 0 Å². The monoisotopic (exact) mass is 315 g/mol. The third kappa shape index (κ3) is 6.89. The number of hydrogen-bond acceptors (Lipinski definition) is 4. The van der Waals surface area contributed by atoms with Gasteiger partial charge in [-0.1, -0.05) is 34.6 Å². The number of hydroxylamine groups is 2. The number of amides is 3. The lowest BCUT2D eigenvalue weighted by Gasteiger charge is -2.32. The highest BCUT2D eigenvalue weighted by Gasteiger charge is 2.34. The summed E-state index contributed by atoms with van der Waals surface area (Å²) in [6.45, 7) is 9.36. The van der Waals surface area contributed by atoms with Crippen molar-refractivity contribution in [2.45, 2.75) is 47.1 Å². The molecule has 2 atom stereocenters. The second-order valence-electron chi connectivity index (χ2n) is 6.98. The Morgan fingerprint density at radius 3 is 2.14 bits per heavy atom. The fourth-order valence-electron chi connectivity index (χ4n) is 2.18. The van der Waals surface area contributed by atoms with E-state index >= 15 is 0 Å². The zero-order valence-corrected chi connectivity index (χ0v) is 14.3. The maximum absolute atomic E-state index is 12.5. The zero-order chi connectivity index (χ0) is 17.5. The van der Waals surface area contributed by atoms with E-state index in [-0.39, 0.29) is 30.7 Å². The summed E-state index contributed by atoms with van der Waals surface area (Å²) in [7, 11) is 1.51. The summed E-state index contributed by atoms with van der Waals surface area (Å²) in [6.07, 6.45) is 0.766. The molecule has 0 aromatic carbocycles. The van der Waals surface area contributed by atoms with Crippen molar-refractivity contribution in [1.29, 1.82) is 0 Å². The molecule has 22 heavy (non-hydrogen) atoms. The number of likely N-dealkylation sites (N-methyl/N-ethyl adjacent to an activating group) is 1. The Balaban J connectivity index is 5.11. The highest BCUT2D eigenvalue weighted by Crippen LogP contribution is 2.21. The van der Waals surface area contributed by atoms with Gasteiger partial charge in [0.2, 0.25) is 18.2 Å². The molecule has 0 saturated heterocycles. The van der Waals surface area contributed by atoms with Crippen LogP contribution >= 0.6 is 0 Å². The summed E-state index contributed by atoms with van der Waals surface area (Å²) < 4.78 is 0. The van der Waals surface area contributed by atoms with E-state index in [1.165, 1.54) is 7.05 Å². The summed E-state index contributed by atoms with van der Waals surface area (Å²) in [5, 5.41) is 15.1. The van der Waals surface area contributed by atoms with Gasteiger partial charge in [0.25, 0.3) is 0 Å². The minimum atomic E-state index is -0.692. The van der Waals surface area contributed by atoms with Gasteiger partial charge in [-0.3, -0.25) is 19.6 Å². The van der Waals surface area contributed by atoms with Gasteiger partial charge in [0.05, 0.1) is 12.5 Å². The first-order chi connectivity index (χ1) is 10.0. The molecule has 7 nitrogen and oxygen atoms in total. The van der Waals surface area contributed by atoms with Crippen molar-refractivity contribution < 1.29 is 19.6 Å². The van der Waals surface area contributed by atoms with E-state index in [0.717, 1.165) is 0 Å². The van der Waals surface area contributed by atoms with Gasteiger partial charge in [-0.2, -0.15) is 0 Å². The molecule has 0 fully saturated rings. The molecular formula is C15H29N3O4. The number of carbonyl (C=O) groups excluding carboxylic acids is 3. The van der Waals surface area contributed by atoms with Crippen LogP contribution in [0, 0.1) is 17.3 Å². The third-order valence-corrected chi connectivity index (χ3v) is 3.32. The number of rotatable bonds is 8. The highest BCUT2D eigenvalue weighted by atomic mass is 16.5. The van der Waals surface area contributed by atoms with E-state index in [4.69, 9.17) is 0 Å². The second-order valence-corrected chi connectivity index (χ2v) is 6.98. The van der Waals surface area contributed by atoms with Crippen LogP contribution in [0.4, 0.5) is 0 Å². The fraction of sp³-hybridized carbons (Fsp3) is 0.800. The zero-order valence-electron chi connectivity index (χ0n) is 14.3. The maximum Gasteiger partial charge on any atom is 0.242 e. The van der Waals surface area contributed by atoms with Gasteiger partial charge >= 0.3 is 0 Å². The summed E-state index contributed by atoms with van der Waals surface area (Å²) in [6, 6.07) is -0.692. The van der Waals surface area contributed by atoms with Gasteiger partial charge in [-0.25, -0.2) is 5.06 Å². The van der Waals surface area contributed by atoms with E-state index in [1.807, 2.05) is 34.6 Å². The van der Waals surface area contributed by atoms with Gasteiger partial charge in [0, 0.05) is 7.05 Å². The molecule has 0 spiro atoms. The predicted octanol–water partition coefficient (Wildman–Crippen LogP) is 0.773. The molecular weight excluding hydrogens is 286 g/mol. The average molecular weight is 315 g/mol. The Bertz CT molecular complexity index is 391. The molecule has 128 valence electrons. The summed E-state index contributed by atoms with van der Waals surface area (Å²) >= 11 is 0. The molecule has 0 aliphatic carbocycles. The van der Waals surface area contributed by atoms with Crippen molar-refractivity contribution in [2.24, 2.45) is 17.3 Å². The molecule has 0 aliphatic rings.